The van der Waals surface area contributed by atoms with Crippen molar-refractivity contribution in [3.05, 3.63) is 158 Å². The minimum Gasteiger partial charge on any atom is -0.456 e. The molecule has 1 heteroatoms. The number of hydrogen-bond donors (Lipinski definition) is 0. The highest BCUT2D eigenvalue weighted by Crippen LogP contribution is 2.48. The van der Waals surface area contributed by atoms with E-state index in [9.17, 15) is 0 Å². The van der Waals surface area contributed by atoms with Gasteiger partial charge in [-0.25, -0.2) is 0 Å². The van der Waals surface area contributed by atoms with Gasteiger partial charge in [0.05, 0.1) is 0 Å². The SMILES string of the molecule is c1ccc2cc3c(ccc4c(-c5c6ccccc6c(-c6cccc7oc8ccccc8c67)c6ccccc56)cccc43)cc2c1. The Morgan fingerprint density at radius 3 is 1.56 bits per heavy atom. The van der Waals surface area contributed by atoms with E-state index in [4.69, 9.17) is 4.42 Å². The number of rotatable bonds is 2. The third-order valence-corrected chi connectivity index (χ3v) is 9.62. The number of fused-ring (bicyclic) bond motifs is 9. The van der Waals surface area contributed by atoms with Crippen molar-refractivity contribution in [1.82, 2.24) is 0 Å². The van der Waals surface area contributed by atoms with Crippen LogP contribution in [0.4, 0.5) is 0 Å². The Hall–Kier alpha value is -5.92. The lowest BCUT2D eigenvalue weighted by atomic mass is 9.83. The van der Waals surface area contributed by atoms with E-state index in [0.29, 0.717) is 0 Å². The van der Waals surface area contributed by atoms with Crippen molar-refractivity contribution in [3.8, 4) is 22.3 Å². The van der Waals surface area contributed by atoms with Crippen molar-refractivity contribution in [2.75, 3.05) is 0 Å². The molecule has 0 saturated carbocycles. The molecule has 0 bridgehead atoms. The molecule has 0 saturated heterocycles. The van der Waals surface area contributed by atoms with Gasteiger partial charge in [-0.3, -0.25) is 0 Å². The highest BCUT2D eigenvalue weighted by Gasteiger charge is 2.21. The van der Waals surface area contributed by atoms with Gasteiger partial charge in [0.15, 0.2) is 0 Å². The average molecular weight is 571 g/mol. The first-order valence-corrected chi connectivity index (χ1v) is 15.5. The summed E-state index contributed by atoms with van der Waals surface area (Å²) in [6, 6.07) is 57.4. The lowest BCUT2D eigenvalue weighted by Gasteiger charge is -2.19. The fourth-order valence-corrected chi connectivity index (χ4v) is 7.69. The van der Waals surface area contributed by atoms with Gasteiger partial charge in [0, 0.05) is 10.8 Å². The van der Waals surface area contributed by atoms with Crippen molar-refractivity contribution in [2.45, 2.75) is 0 Å². The number of benzene rings is 9. The molecule has 1 heterocycles. The standard InChI is InChI=1S/C44H26O/c1-2-12-28-26-39-29(25-27(28)11-1)23-24-31-30(39)18-9-19-32(31)42-33-13-3-5-15-35(33)43(36-16-6-4-14-34(36)42)38-20-10-22-41-44(38)37-17-7-8-21-40(37)45-41/h1-26H. The molecule has 0 aliphatic rings. The Kier molecular flexibility index (Phi) is 5.06. The van der Waals surface area contributed by atoms with E-state index in [1.165, 1.54) is 81.5 Å². The normalized spacial score (nSPS) is 12.0. The molecule has 10 rings (SSSR count). The second-order valence-corrected chi connectivity index (χ2v) is 12.0. The molecule has 0 atom stereocenters. The molecule has 0 aliphatic heterocycles. The summed E-state index contributed by atoms with van der Waals surface area (Å²) in [5.74, 6) is 0. The molecule has 0 N–H and O–H groups in total. The van der Waals surface area contributed by atoms with Crippen LogP contribution in [0.3, 0.4) is 0 Å². The largest absolute Gasteiger partial charge is 0.456 e. The summed E-state index contributed by atoms with van der Waals surface area (Å²) in [6.45, 7) is 0. The van der Waals surface area contributed by atoms with E-state index < -0.39 is 0 Å². The van der Waals surface area contributed by atoms with Gasteiger partial charge in [-0.05, 0) is 100 Å². The first-order valence-electron chi connectivity index (χ1n) is 15.5. The van der Waals surface area contributed by atoms with Crippen molar-refractivity contribution in [2.24, 2.45) is 0 Å². The molecule has 0 spiro atoms. The smallest absolute Gasteiger partial charge is 0.136 e. The highest BCUT2D eigenvalue weighted by atomic mass is 16.3. The minimum absolute atomic E-state index is 0.916. The van der Waals surface area contributed by atoms with Crippen molar-refractivity contribution in [3.63, 3.8) is 0 Å². The number of hydrogen-bond acceptors (Lipinski definition) is 1. The van der Waals surface area contributed by atoms with Gasteiger partial charge < -0.3 is 4.42 Å². The third-order valence-electron chi connectivity index (χ3n) is 9.62. The molecule has 9 aromatic carbocycles. The minimum atomic E-state index is 0.916. The fraction of sp³-hybridized carbons (Fsp3) is 0. The van der Waals surface area contributed by atoms with Gasteiger partial charge in [-0.1, -0.05) is 133 Å². The summed E-state index contributed by atoms with van der Waals surface area (Å²) in [5.41, 5.74) is 6.82. The molecular weight excluding hydrogens is 544 g/mol. The summed E-state index contributed by atoms with van der Waals surface area (Å²) in [7, 11) is 0. The van der Waals surface area contributed by atoms with Gasteiger partial charge in [0.1, 0.15) is 11.2 Å². The monoisotopic (exact) mass is 570 g/mol. The van der Waals surface area contributed by atoms with E-state index in [1.54, 1.807) is 0 Å². The Labute approximate surface area is 259 Å². The molecule has 0 radical (unpaired) electrons. The molecule has 0 amide bonds. The Morgan fingerprint density at radius 2 is 0.822 bits per heavy atom. The van der Waals surface area contributed by atoms with Crippen molar-refractivity contribution < 1.29 is 4.42 Å². The number of para-hydroxylation sites is 1. The van der Waals surface area contributed by atoms with E-state index in [-0.39, 0.29) is 0 Å². The van der Waals surface area contributed by atoms with Gasteiger partial charge in [0.2, 0.25) is 0 Å². The summed E-state index contributed by atoms with van der Waals surface area (Å²) >= 11 is 0. The number of furan rings is 1. The van der Waals surface area contributed by atoms with Crippen molar-refractivity contribution in [1.29, 1.82) is 0 Å². The van der Waals surface area contributed by atoms with Crippen LogP contribution in [0, 0.1) is 0 Å². The predicted molar refractivity (Wildman–Crippen MR) is 192 cm³/mol. The van der Waals surface area contributed by atoms with Crippen LogP contribution >= 0.6 is 0 Å². The first-order chi connectivity index (χ1) is 22.3. The van der Waals surface area contributed by atoms with Gasteiger partial charge in [-0.15, -0.1) is 0 Å². The summed E-state index contributed by atoms with van der Waals surface area (Å²) in [5, 5.41) is 14.9. The molecule has 1 nitrogen and oxygen atoms in total. The quantitative estimate of drug-likeness (QED) is 0.149. The molecule has 10 aromatic rings. The Balaban J connectivity index is 1.34. The topological polar surface area (TPSA) is 13.1 Å². The van der Waals surface area contributed by atoms with Crippen LogP contribution in [0.2, 0.25) is 0 Å². The second-order valence-electron chi connectivity index (χ2n) is 12.0. The molecule has 208 valence electrons. The Morgan fingerprint density at radius 1 is 0.289 bits per heavy atom. The maximum Gasteiger partial charge on any atom is 0.136 e. The second kappa shape index (κ2) is 9.29. The maximum absolute atomic E-state index is 6.34. The van der Waals surface area contributed by atoms with E-state index in [2.05, 4.69) is 152 Å². The van der Waals surface area contributed by atoms with Crippen LogP contribution < -0.4 is 0 Å². The van der Waals surface area contributed by atoms with E-state index in [1.807, 2.05) is 6.07 Å². The van der Waals surface area contributed by atoms with Crippen LogP contribution in [0.5, 0.6) is 0 Å². The molecule has 45 heavy (non-hydrogen) atoms. The summed E-state index contributed by atoms with van der Waals surface area (Å²) < 4.78 is 6.34. The fourth-order valence-electron chi connectivity index (χ4n) is 7.69. The van der Waals surface area contributed by atoms with Crippen molar-refractivity contribution >= 4 is 75.8 Å². The molecular formula is C44H26O. The van der Waals surface area contributed by atoms with Crippen LogP contribution in [0.15, 0.2) is 162 Å². The van der Waals surface area contributed by atoms with Crippen LogP contribution in [0.1, 0.15) is 0 Å². The lowest BCUT2D eigenvalue weighted by Crippen LogP contribution is -1.92. The Bertz CT molecular complexity index is 2760. The molecule has 1 aromatic heterocycles. The zero-order valence-corrected chi connectivity index (χ0v) is 24.4. The zero-order chi connectivity index (χ0) is 29.5. The lowest BCUT2D eigenvalue weighted by molar-refractivity contribution is 0.669. The maximum atomic E-state index is 6.34. The van der Waals surface area contributed by atoms with Crippen LogP contribution in [0.25, 0.3) is 98.1 Å². The first kappa shape index (κ1) is 24.5. The predicted octanol–water partition coefficient (Wildman–Crippen LogP) is 12.7. The molecule has 0 fully saturated rings. The highest BCUT2D eigenvalue weighted by molar-refractivity contribution is 6.27. The van der Waals surface area contributed by atoms with Gasteiger partial charge in [-0.2, -0.15) is 0 Å². The molecule has 0 unspecified atom stereocenters. The van der Waals surface area contributed by atoms with Gasteiger partial charge >= 0.3 is 0 Å². The average Bonchev–Trinajstić information content (AvgIpc) is 3.49. The van der Waals surface area contributed by atoms with E-state index >= 15 is 0 Å². The van der Waals surface area contributed by atoms with Crippen LogP contribution in [-0.4, -0.2) is 0 Å². The zero-order valence-electron chi connectivity index (χ0n) is 24.4. The van der Waals surface area contributed by atoms with Crippen LogP contribution in [-0.2, 0) is 0 Å². The van der Waals surface area contributed by atoms with E-state index in [0.717, 1.165) is 16.6 Å². The summed E-state index contributed by atoms with van der Waals surface area (Å²) in [4.78, 5) is 0. The molecule has 0 aliphatic carbocycles. The summed E-state index contributed by atoms with van der Waals surface area (Å²) in [6.07, 6.45) is 0. The third kappa shape index (κ3) is 3.50. The van der Waals surface area contributed by atoms with Gasteiger partial charge in [0.25, 0.3) is 0 Å².